The zero-order valence-corrected chi connectivity index (χ0v) is 23.7. The molecule has 2 N–H and O–H groups in total. The molecule has 204 valence electrons. The molecule has 1 aliphatic rings. The molecule has 0 fully saturated rings. The van der Waals surface area contributed by atoms with Crippen LogP contribution in [0, 0.1) is 17.8 Å². The number of rotatable bonds is 16. The maximum absolute atomic E-state index is 13.3. The predicted octanol–water partition coefficient (Wildman–Crippen LogP) is 6.67. The van der Waals surface area contributed by atoms with Crippen LogP contribution in [0.3, 0.4) is 0 Å². The van der Waals surface area contributed by atoms with Crippen LogP contribution in [-0.4, -0.2) is 41.3 Å². The average molecular weight is 549 g/mol. The quantitative estimate of drug-likeness (QED) is 0.104. The normalized spacial score (nSPS) is 20.4. The maximum atomic E-state index is 13.3. The van der Waals surface area contributed by atoms with Crippen molar-refractivity contribution in [1.82, 2.24) is 0 Å². The Hall–Kier alpha value is -1.86. The molecular weight excluding hydrogens is 508 g/mol. The van der Waals surface area contributed by atoms with Gasteiger partial charge >= 0.3 is 5.97 Å². The zero-order valence-electron chi connectivity index (χ0n) is 22.1. The number of carbonyl (C=O) groups is 2. The van der Waals surface area contributed by atoms with Gasteiger partial charge in [-0.05, 0) is 49.3 Å². The Kier molecular flexibility index (Phi) is 14.3. The third-order valence-electron chi connectivity index (χ3n) is 6.60. The monoisotopic (exact) mass is 548 g/mol. The molecular formula is C30H41ClO5S. The van der Waals surface area contributed by atoms with Crippen molar-refractivity contribution in [2.24, 2.45) is 17.8 Å². The minimum absolute atomic E-state index is 0.0583. The van der Waals surface area contributed by atoms with Crippen LogP contribution < -0.4 is 0 Å². The van der Waals surface area contributed by atoms with E-state index in [1.807, 2.05) is 36.4 Å². The average Bonchev–Trinajstić information content (AvgIpc) is 3.20. The first-order valence-corrected chi connectivity index (χ1v) is 14.5. The first kappa shape index (κ1) is 31.4. The van der Waals surface area contributed by atoms with E-state index in [0.717, 1.165) is 24.8 Å². The SMILES string of the molecule is CCCCC(C)CC(O)C=CC1C=C(SCc2ccc(Cl)cc2)C(=O)C1C(O)CCCC=CC(=O)OC. The van der Waals surface area contributed by atoms with Gasteiger partial charge in [-0.3, -0.25) is 4.79 Å². The summed E-state index contributed by atoms with van der Waals surface area (Å²) in [5.74, 6) is -0.281. The number of hydrogen-bond acceptors (Lipinski definition) is 6. The van der Waals surface area contributed by atoms with Crippen molar-refractivity contribution in [3.05, 3.63) is 70.1 Å². The molecule has 0 aliphatic heterocycles. The minimum atomic E-state index is -0.820. The number of benzene rings is 1. The summed E-state index contributed by atoms with van der Waals surface area (Å²) in [5.41, 5.74) is 1.06. The van der Waals surface area contributed by atoms with E-state index in [1.54, 1.807) is 12.2 Å². The van der Waals surface area contributed by atoms with Gasteiger partial charge in [-0.15, -0.1) is 11.8 Å². The molecule has 0 amide bonds. The highest BCUT2D eigenvalue weighted by atomic mass is 35.5. The minimum Gasteiger partial charge on any atom is -0.466 e. The van der Waals surface area contributed by atoms with E-state index in [9.17, 15) is 19.8 Å². The van der Waals surface area contributed by atoms with Gasteiger partial charge in [-0.2, -0.15) is 0 Å². The largest absolute Gasteiger partial charge is 0.466 e. The van der Waals surface area contributed by atoms with Crippen LogP contribution in [0.1, 0.15) is 64.4 Å². The standard InChI is InChI=1S/C30H41ClO5S/c1-4-5-9-21(2)18-25(32)17-14-23-19-27(37-20-22-12-15-24(31)16-13-22)30(35)29(23)26(33)10-7-6-8-11-28(34)36-3/h8,11-17,19,21,23,25-26,29,32-33H,4-7,9-10,18,20H2,1-3H3. The Morgan fingerprint density at radius 2 is 1.92 bits per heavy atom. The first-order chi connectivity index (χ1) is 17.7. The Bertz CT molecular complexity index is 940. The number of ether oxygens (including phenoxy) is 1. The smallest absolute Gasteiger partial charge is 0.330 e. The van der Waals surface area contributed by atoms with Gasteiger partial charge in [-0.1, -0.05) is 81.1 Å². The van der Waals surface area contributed by atoms with Crippen LogP contribution >= 0.6 is 23.4 Å². The molecule has 7 heteroatoms. The lowest BCUT2D eigenvalue weighted by atomic mass is 9.86. The number of methoxy groups -OCH3 is 1. The molecule has 0 heterocycles. The molecule has 0 saturated carbocycles. The molecule has 5 unspecified atom stereocenters. The first-order valence-electron chi connectivity index (χ1n) is 13.2. The van der Waals surface area contributed by atoms with Crippen molar-refractivity contribution >= 4 is 35.1 Å². The fraction of sp³-hybridized carbons (Fsp3) is 0.533. The highest BCUT2D eigenvalue weighted by Gasteiger charge is 2.39. The summed E-state index contributed by atoms with van der Waals surface area (Å²) in [6, 6.07) is 7.55. The van der Waals surface area contributed by atoms with Crippen LogP contribution in [0.2, 0.25) is 5.02 Å². The number of unbranched alkanes of at least 4 members (excludes halogenated alkanes) is 2. The molecule has 5 atom stereocenters. The molecule has 0 radical (unpaired) electrons. The third-order valence-corrected chi connectivity index (χ3v) is 7.98. The van der Waals surface area contributed by atoms with Crippen molar-refractivity contribution in [3.63, 3.8) is 0 Å². The van der Waals surface area contributed by atoms with Crippen molar-refractivity contribution in [2.75, 3.05) is 7.11 Å². The van der Waals surface area contributed by atoms with Gasteiger partial charge in [0.25, 0.3) is 0 Å². The highest BCUT2D eigenvalue weighted by Crippen LogP contribution is 2.39. The number of aliphatic hydroxyl groups is 2. The van der Waals surface area contributed by atoms with Gasteiger partial charge in [-0.25, -0.2) is 4.79 Å². The molecule has 1 aliphatic carbocycles. The molecule has 1 aromatic rings. The van der Waals surface area contributed by atoms with Crippen molar-refractivity contribution in [2.45, 2.75) is 76.8 Å². The van der Waals surface area contributed by atoms with Gasteiger partial charge < -0.3 is 14.9 Å². The molecule has 2 rings (SSSR count). The number of ketones is 1. The molecule has 37 heavy (non-hydrogen) atoms. The number of esters is 1. The van der Waals surface area contributed by atoms with Gasteiger partial charge in [0.2, 0.25) is 0 Å². The van der Waals surface area contributed by atoms with Crippen molar-refractivity contribution in [3.8, 4) is 0 Å². The van der Waals surface area contributed by atoms with Crippen LogP contribution in [0.15, 0.2) is 59.6 Å². The summed E-state index contributed by atoms with van der Waals surface area (Å²) in [6.45, 7) is 4.31. The zero-order chi connectivity index (χ0) is 27.2. The molecule has 1 aromatic carbocycles. The number of aliphatic hydroxyl groups excluding tert-OH is 2. The van der Waals surface area contributed by atoms with Gasteiger partial charge in [0, 0.05) is 27.7 Å². The lowest BCUT2D eigenvalue weighted by molar-refractivity contribution is -0.134. The Balaban J connectivity index is 2.06. The van der Waals surface area contributed by atoms with E-state index >= 15 is 0 Å². The second-order valence-electron chi connectivity index (χ2n) is 9.77. The van der Waals surface area contributed by atoms with Gasteiger partial charge in [0.05, 0.1) is 25.2 Å². The third kappa shape index (κ3) is 11.2. The van der Waals surface area contributed by atoms with Crippen molar-refractivity contribution in [1.29, 1.82) is 0 Å². The second kappa shape index (κ2) is 16.9. The number of allylic oxidation sites excluding steroid dienone is 4. The van der Waals surface area contributed by atoms with E-state index in [-0.39, 0.29) is 11.7 Å². The summed E-state index contributed by atoms with van der Waals surface area (Å²) >= 11 is 7.45. The van der Waals surface area contributed by atoms with Crippen molar-refractivity contribution < 1.29 is 24.5 Å². The summed E-state index contributed by atoms with van der Waals surface area (Å²) in [5, 5.41) is 22.2. The molecule has 0 spiro atoms. The van der Waals surface area contributed by atoms with E-state index in [0.29, 0.717) is 47.3 Å². The lowest BCUT2D eigenvalue weighted by Crippen LogP contribution is -2.30. The summed E-state index contributed by atoms with van der Waals surface area (Å²) in [4.78, 5) is 25.2. The maximum Gasteiger partial charge on any atom is 0.330 e. The van der Waals surface area contributed by atoms with E-state index in [2.05, 4.69) is 18.6 Å². The number of Topliss-reactive ketones (excluding diaryl/α,β-unsaturated/α-hetero) is 1. The summed E-state index contributed by atoms with van der Waals surface area (Å²) in [6.07, 6.45) is 13.0. The number of thioether (sulfide) groups is 1. The molecule has 5 nitrogen and oxygen atoms in total. The van der Waals surface area contributed by atoms with Gasteiger partial charge in [0.15, 0.2) is 5.78 Å². The van der Waals surface area contributed by atoms with Crippen LogP contribution in [0.4, 0.5) is 0 Å². The second-order valence-corrected chi connectivity index (χ2v) is 11.2. The van der Waals surface area contributed by atoms with E-state index < -0.39 is 24.1 Å². The fourth-order valence-electron chi connectivity index (χ4n) is 4.46. The predicted molar refractivity (Wildman–Crippen MR) is 152 cm³/mol. The van der Waals surface area contributed by atoms with Gasteiger partial charge in [0.1, 0.15) is 0 Å². The van der Waals surface area contributed by atoms with Crippen LogP contribution in [0.5, 0.6) is 0 Å². The summed E-state index contributed by atoms with van der Waals surface area (Å²) in [7, 11) is 1.33. The molecule has 0 bridgehead atoms. The van der Waals surface area contributed by atoms with Crippen LogP contribution in [-0.2, 0) is 20.1 Å². The lowest BCUT2D eigenvalue weighted by Gasteiger charge is -2.22. The Morgan fingerprint density at radius 1 is 1.19 bits per heavy atom. The Labute approximate surface area is 231 Å². The van der Waals surface area contributed by atoms with Crippen LogP contribution in [0.25, 0.3) is 0 Å². The Morgan fingerprint density at radius 3 is 2.59 bits per heavy atom. The fourth-order valence-corrected chi connectivity index (χ4v) is 5.63. The number of halogens is 1. The number of hydrogen-bond donors (Lipinski definition) is 2. The summed E-state index contributed by atoms with van der Waals surface area (Å²) < 4.78 is 4.59. The number of carbonyl (C=O) groups excluding carboxylic acids is 2. The topological polar surface area (TPSA) is 83.8 Å². The van der Waals surface area contributed by atoms with E-state index in [4.69, 9.17) is 11.6 Å². The highest BCUT2D eigenvalue weighted by molar-refractivity contribution is 8.03. The molecule has 0 aromatic heterocycles. The molecule has 0 saturated heterocycles. The van der Waals surface area contributed by atoms with E-state index in [1.165, 1.54) is 24.9 Å².